The van der Waals surface area contributed by atoms with Crippen molar-refractivity contribution in [3.8, 4) is 11.1 Å². The number of hydrogen-bond donors (Lipinski definition) is 2. The predicted molar refractivity (Wildman–Crippen MR) is 155 cm³/mol. The van der Waals surface area contributed by atoms with Crippen LogP contribution < -0.4 is 11.1 Å². The average molecular weight is 532 g/mol. The van der Waals surface area contributed by atoms with Gasteiger partial charge in [-0.1, -0.05) is 87.1 Å². The van der Waals surface area contributed by atoms with Crippen LogP contribution in [0.25, 0.3) is 11.1 Å². The van der Waals surface area contributed by atoms with Crippen molar-refractivity contribution in [1.29, 1.82) is 0 Å². The third-order valence-electron chi connectivity index (χ3n) is 8.65. The number of primary amides is 1. The van der Waals surface area contributed by atoms with E-state index in [0.717, 1.165) is 55.2 Å². The molecule has 2 aromatic rings. The van der Waals surface area contributed by atoms with Crippen molar-refractivity contribution >= 4 is 17.7 Å². The number of carbonyl (C=O) groups is 3. The molecule has 2 aromatic carbocycles. The zero-order valence-corrected chi connectivity index (χ0v) is 23.7. The molecule has 0 aromatic heterocycles. The van der Waals surface area contributed by atoms with Gasteiger partial charge in [0.15, 0.2) is 0 Å². The van der Waals surface area contributed by atoms with E-state index in [0.29, 0.717) is 38.3 Å². The first-order chi connectivity index (χ1) is 18.9. The zero-order valence-electron chi connectivity index (χ0n) is 23.7. The largest absolute Gasteiger partial charge is 0.369 e. The number of benzene rings is 2. The van der Waals surface area contributed by atoms with Crippen LogP contribution in [-0.4, -0.2) is 35.2 Å². The Morgan fingerprint density at radius 2 is 1.77 bits per heavy atom. The number of hydrogen-bond acceptors (Lipinski definition) is 3. The average Bonchev–Trinajstić information content (AvgIpc) is 3.06. The van der Waals surface area contributed by atoms with Gasteiger partial charge in [0.2, 0.25) is 17.7 Å². The van der Waals surface area contributed by atoms with Gasteiger partial charge in [-0.15, -0.1) is 0 Å². The molecule has 6 heteroatoms. The number of aryl methyl sites for hydroxylation is 1. The lowest BCUT2D eigenvalue weighted by atomic mass is 9.73. The Morgan fingerprint density at radius 3 is 2.44 bits per heavy atom. The van der Waals surface area contributed by atoms with Crippen LogP contribution in [0, 0.1) is 24.7 Å². The van der Waals surface area contributed by atoms with E-state index in [-0.39, 0.29) is 11.8 Å². The second-order valence-electron chi connectivity index (χ2n) is 11.7. The topological polar surface area (TPSA) is 92.5 Å². The molecule has 1 saturated heterocycles. The molecule has 39 heavy (non-hydrogen) atoms. The van der Waals surface area contributed by atoms with Crippen molar-refractivity contribution in [2.24, 2.45) is 23.5 Å². The first-order valence-electron chi connectivity index (χ1n) is 14.9. The van der Waals surface area contributed by atoms with E-state index in [9.17, 15) is 14.4 Å². The Labute approximate surface area is 233 Å². The smallest absolute Gasteiger partial charge is 0.245 e. The van der Waals surface area contributed by atoms with Gasteiger partial charge in [-0.2, -0.15) is 0 Å². The highest BCUT2D eigenvalue weighted by Gasteiger charge is 2.38. The highest BCUT2D eigenvalue weighted by molar-refractivity contribution is 5.91. The number of likely N-dealkylation sites (tertiary alicyclic amines) is 1. The molecule has 1 heterocycles. The Balaban J connectivity index is 1.46. The molecule has 4 rings (SSSR count). The molecular formula is C33H45N3O3. The van der Waals surface area contributed by atoms with Crippen molar-refractivity contribution in [3.63, 3.8) is 0 Å². The Hall–Kier alpha value is -3.15. The van der Waals surface area contributed by atoms with Crippen LogP contribution in [0.2, 0.25) is 0 Å². The number of rotatable bonds is 12. The molecule has 0 radical (unpaired) electrons. The molecule has 1 saturated carbocycles. The minimum Gasteiger partial charge on any atom is -0.369 e. The number of nitrogens with one attached hydrogen (secondary N) is 1. The molecule has 2 aliphatic rings. The maximum atomic E-state index is 13.7. The number of amides is 3. The van der Waals surface area contributed by atoms with E-state index in [4.69, 9.17) is 5.73 Å². The van der Waals surface area contributed by atoms with E-state index in [1.54, 1.807) is 0 Å². The molecular weight excluding hydrogens is 486 g/mol. The van der Waals surface area contributed by atoms with E-state index in [2.05, 4.69) is 61.6 Å². The molecule has 3 N–H and O–H groups in total. The van der Waals surface area contributed by atoms with Crippen LogP contribution in [0.4, 0.5) is 0 Å². The molecule has 1 aliphatic carbocycles. The number of carbonyl (C=O) groups excluding carboxylic acids is 3. The van der Waals surface area contributed by atoms with Gasteiger partial charge in [0.1, 0.15) is 6.04 Å². The van der Waals surface area contributed by atoms with Crippen molar-refractivity contribution in [1.82, 2.24) is 10.2 Å². The molecule has 0 unspecified atom stereocenters. The fourth-order valence-corrected chi connectivity index (χ4v) is 6.00. The van der Waals surface area contributed by atoms with Crippen molar-refractivity contribution in [2.75, 3.05) is 6.54 Å². The SMILES string of the molecule is CCCC[C@H](C(N)=O)[C@@H](CC1CCC1)C(=O)N[C@H]1CCCCN(Cc2cccc(-c3ccc(C)cc3)c2)C1=O. The van der Waals surface area contributed by atoms with Gasteiger partial charge in [0, 0.05) is 24.9 Å². The van der Waals surface area contributed by atoms with Crippen molar-refractivity contribution in [3.05, 3.63) is 59.7 Å². The molecule has 6 nitrogen and oxygen atoms in total. The molecule has 0 bridgehead atoms. The molecule has 210 valence electrons. The van der Waals surface area contributed by atoms with Gasteiger partial charge < -0.3 is 16.0 Å². The third kappa shape index (κ3) is 7.71. The number of nitrogens with two attached hydrogens (primary N) is 1. The fourth-order valence-electron chi connectivity index (χ4n) is 6.00. The molecule has 3 atom stereocenters. The van der Waals surface area contributed by atoms with Gasteiger partial charge in [-0.25, -0.2) is 0 Å². The number of nitrogens with zero attached hydrogens (tertiary/aromatic N) is 1. The van der Waals surface area contributed by atoms with Crippen LogP contribution in [0.5, 0.6) is 0 Å². The summed E-state index contributed by atoms with van der Waals surface area (Å²) in [5.41, 5.74) is 10.4. The summed E-state index contributed by atoms with van der Waals surface area (Å²) in [6.45, 7) is 5.34. The highest BCUT2D eigenvalue weighted by Crippen LogP contribution is 2.36. The summed E-state index contributed by atoms with van der Waals surface area (Å²) in [6, 6.07) is 16.2. The van der Waals surface area contributed by atoms with Crippen LogP contribution in [0.1, 0.15) is 82.3 Å². The second-order valence-corrected chi connectivity index (χ2v) is 11.7. The standard InChI is InChI=1S/C33H45N3O3/c1-3-4-13-28(31(34)37)29(21-24-9-7-10-24)32(38)35-30-14-5-6-19-36(33(30)39)22-25-11-8-12-27(20-25)26-17-15-23(2)16-18-26/h8,11-12,15-18,20,24,28-30H,3-7,9-10,13-14,19,21-22H2,1-2H3,(H2,34,37)(H,35,38)/t28-,29+,30-/m0/s1. The minimum atomic E-state index is -0.566. The van der Waals surface area contributed by atoms with Crippen LogP contribution in [-0.2, 0) is 20.9 Å². The van der Waals surface area contributed by atoms with E-state index < -0.39 is 23.8 Å². The monoisotopic (exact) mass is 531 g/mol. The molecule has 2 fully saturated rings. The summed E-state index contributed by atoms with van der Waals surface area (Å²) in [4.78, 5) is 41.6. The first kappa shape index (κ1) is 28.8. The van der Waals surface area contributed by atoms with Gasteiger partial charge in [-0.3, -0.25) is 14.4 Å². The van der Waals surface area contributed by atoms with Crippen molar-refractivity contribution in [2.45, 2.75) is 90.6 Å². The van der Waals surface area contributed by atoms with E-state index >= 15 is 0 Å². The summed E-state index contributed by atoms with van der Waals surface area (Å²) in [7, 11) is 0. The maximum absolute atomic E-state index is 13.7. The van der Waals surface area contributed by atoms with E-state index in [1.807, 2.05) is 11.0 Å². The Morgan fingerprint density at radius 1 is 1.00 bits per heavy atom. The minimum absolute atomic E-state index is 0.0341. The summed E-state index contributed by atoms with van der Waals surface area (Å²) < 4.78 is 0. The summed E-state index contributed by atoms with van der Waals surface area (Å²) in [6.07, 6.45) is 8.89. The van der Waals surface area contributed by atoms with Gasteiger partial charge >= 0.3 is 0 Å². The highest BCUT2D eigenvalue weighted by atomic mass is 16.2. The van der Waals surface area contributed by atoms with E-state index in [1.165, 1.54) is 12.0 Å². The number of unbranched alkanes of at least 4 members (excludes halogenated alkanes) is 1. The van der Waals surface area contributed by atoms with Gasteiger partial charge in [-0.05, 0) is 67.7 Å². The Bertz CT molecular complexity index is 1130. The van der Waals surface area contributed by atoms with Gasteiger partial charge in [0.25, 0.3) is 0 Å². The normalized spacial score (nSPS) is 19.6. The quantitative estimate of drug-likeness (QED) is 0.365. The lowest BCUT2D eigenvalue weighted by molar-refractivity contribution is -0.139. The zero-order chi connectivity index (χ0) is 27.8. The van der Waals surface area contributed by atoms with Crippen LogP contribution in [0.3, 0.4) is 0 Å². The molecule has 1 aliphatic heterocycles. The van der Waals surface area contributed by atoms with Crippen LogP contribution in [0.15, 0.2) is 48.5 Å². The van der Waals surface area contributed by atoms with Crippen LogP contribution >= 0.6 is 0 Å². The van der Waals surface area contributed by atoms with Gasteiger partial charge in [0.05, 0.1) is 0 Å². The summed E-state index contributed by atoms with van der Waals surface area (Å²) in [5.74, 6) is -1.09. The first-order valence-corrected chi connectivity index (χ1v) is 14.9. The predicted octanol–water partition coefficient (Wildman–Crippen LogP) is 5.76. The summed E-state index contributed by atoms with van der Waals surface area (Å²) >= 11 is 0. The Kier molecular flexibility index (Phi) is 10.2. The maximum Gasteiger partial charge on any atom is 0.245 e. The second kappa shape index (κ2) is 13.8. The summed E-state index contributed by atoms with van der Waals surface area (Å²) in [5, 5.41) is 3.09. The third-order valence-corrected chi connectivity index (χ3v) is 8.65. The lowest BCUT2D eigenvalue weighted by Crippen LogP contribution is -2.51. The molecule has 3 amide bonds. The van der Waals surface area contributed by atoms with Crippen molar-refractivity contribution < 1.29 is 14.4 Å². The molecule has 0 spiro atoms. The lowest BCUT2D eigenvalue weighted by Gasteiger charge is -2.33. The fraction of sp³-hybridized carbons (Fsp3) is 0.545.